The van der Waals surface area contributed by atoms with Crippen molar-refractivity contribution in [3.63, 3.8) is 0 Å². The number of halogens is 1. The monoisotopic (exact) mass is 234 g/mol. The summed E-state index contributed by atoms with van der Waals surface area (Å²) >= 11 is 5.92. The van der Waals surface area contributed by atoms with Gasteiger partial charge in [0.25, 0.3) is 0 Å². The van der Waals surface area contributed by atoms with Crippen molar-refractivity contribution in [3.05, 3.63) is 41.4 Å². The summed E-state index contributed by atoms with van der Waals surface area (Å²) in [6.45, 7) is 1.80. The molecule has 0 saturated carbocycles. The molecule has 0 aliphatic carbocycles. The van der Waals surface area contributed by atoms with E-state index in [0.29, 0.717) is 28.0 Å². The third kappa shape index (κ3) is 2.41. The summed E-state index contributed by atoms with van der Waals surface area (Å²) in [6, 6.07) is 4.77. The number of aryl methyl sites for hydroxylation is 1. The van der Waals surface area contributed by atoms with E-state index < -0.39 is 0 Å². The van der Waals surface area contributed by atoms with Crippen molar-refractivity contribution in [3.8, 4) is 11.5 Å². The van der Waals surface area contributed by atoms with Crippen LogP contribution in [-0.2, 0) is 0 Å². The van der Waals surface area contributed by atoms with Gasteiger partial charge in [0.05, 0.1) is 23.1 Å². The van der Waals surface area contributed by atoms with Crippen LogP contribution >= 0.6 is 11.6 Å². The second-order valence-electron chi connectivity index (χ2n) is 3.21. The highest BCUT2D eigenvalue weighted by Crippen LogP contribution is 2.30. The van der Waals surface area contributed by atoms with Gasteiger partial charge in [-0.3, -0.25) is 0 Å². The van der Waals surface area contributed by atoms with E-state index in [-0.39, 0.29) is 0 Å². The van der Waals surface area contributed by atoms with Gasteiger partial charge in [0, 0.05) is 0 Å². The molecule has 0 saturated heterocycles. The molecule has 0 atom stereocenters. The van der Waals surface area contributed by atoms with Crippen LogP contribution in [0.2, 0.25) is 5.02 Å². The Morgan fingerprint density at radius 1 is 1.25 bits per heavy atom. The minimum atomic E-state index is 0.345. The molecule has 0 fully saturated rings. The maximum atomic E-state index is 7.38. The normalized spacial score (nSPS) is 10.1. The fourth-order valence-corrected chi connectivity index (χ4v) is 1.36. The van der Waals surface area contributed by atoms with Crippen molar-refractivity contribution < 1.29 is 4.74 Å². The molecule has 0 aliphatic rings. The summed E-state index contributed by atoms with van der Waals surface area (Å²) < 4.78 is 5.48. The highest BCUT2D eigenvalue weighted by atomic mass is 35.5. The Labute approximate surface area is 98.0 Å². The Morgan fingerprint density at radius 3 is 2.56 bits per heavy atom. The average molecular weight is 235 g/mol. The van der Waals surface area contributed by atoms with E-state index >= 15 is 0 Å². The number of benzene rings is 1. The molecule has 1 aromatic carbocycles. The molecular formula is C11H9ClN3O. The molecule has 1 N–H and O–H groups in total. The van der Waals surface area contributed by atoms with Crippen LogP contribution < -0.4 is 10.5 Å². The van der Waals surface area contributed by atoms with E-state index in [2.05, 4.69) is 9.97 Å². The number of nitrogens with one attached hydrogen (secondary N) is 1. The summed E-state index contributed by atoms with van der Waals surface area (Å²) in [5, 5.41) is 0.396. The Balaban J connectivity index is 2.23. The van der Waals surface area contributed by atoms with E-state index in [1.165, 1.54) is 6.07 Å². The maximum Gasteiger partial charge on any atom is 0.164 e. The number of nitrogens with zero attached hydrogens (tertiary/aromatic N) is 2. The second kappa shape index (κ2) is 4.37. The number of ether oxygens (including phenoxy) is 1. The van der Waals surface area contributed by atoms with Crippen LogP contribution in [0.4, 0.5) is 5.69 Å². The summed E-state index contributed by atoms with van der Waals surface area (Å²) in [7, 11) is 0. The SMILES string of the molecule is Cc1ncc(Oc2ccc([NH])cc2Cl)cn1. The molecule has 0 spiro atoms. The molecule has 5 heteroatoms. The van der Waals surface area contributed by atoms with Crippen LogP contribution in [0.25, 0.3) is 0 Å². The van der Waals surface area contributed by atoms with Crippen molar-refractivity contribution in [1.29, 1.82) is 0 Å². The van der Waals surface area contributed by atoms with Crippen LogP contribution in [0.5, 0.6) is 11.5 Å². The molecule has 1 heterocycles. The van der Waals surface area contributed by atoms with Crippen molar-refractivity contribution in [2.45, 2.75) is 6.92 Å². The predicted molar refractivity (Wildman–Crippen MR) is 61.1 cm³/mol. The molecule has 2 rings (SSSR count). The zero-order valence-electron chi connectivity index (χ0n) is 8.57. The predicted octanol–water partition coefficient (Wildman–Crippen LogP) is 3.15. The van der Waals surface area contributed by atoms with Crippen LogP contribution in [0, 0.1) is 6.92 Å². The quantitative estimate of drug-likeness (QED) is 0.802. The number of aromatic nitrogens is 2. The lowest BCUT2D eigenvalue weighted by Crippen LogP contribution is -1.90. The van der Waals surface area contributed by atoms with E-state index in [1.807, 2.05) is 0 Å². The van der Waals surface area contributed by atoms with Gasteiger partial charge >= 0.3 is 0 Å². The van der Waals surface area contributed by atoms with E-state index in [1.54, 1.807) is 31.5 Å². The van der Waals surface area contributed by atoms with Gasteiger partial charge in [-0.15, -0.1) is 0 Å². The second-order valence-corrected chi connectivity index (χ2v) is 3.62. The van der Waals surface area contributed by atoms with Gasteiger partial charge < -0.3 is 10.5 Å². The van der Waals surface area contributed by atoms with Crippen LogP contribution in [0.3, 0.4) is 0 Å². The summed E-state index contributed by atoms with van der Waals surface area (Å²) in [5.74, 6) is 1.69. The lowest BCUT2D eigenvalue weighted by molar-refractivity contribution is 0.477. The minimum absolute atomic E-state index is 0.345. The first-order valence-electron chi connectivity index (χ1n) is 4.63. The van der Waals surface area contributed by atoms with Gasteiger partial charge in [0.1, 0.15) is 11.6 Å². The zero-order chi connectivity index (χ0) is 11.5. The van der Waals surface area contributed by atoms with Crippen molar-refractivity contribution in [1.82, 2.24) is 15.7 Å². The number of hydrogen-bond donors (Lipinski definition) is 0. The first-order valence-corrected chi connectivity index (χ1v) is 5.00. The van der Waals surface area contributed by atoms with Crippen LogP contribution in [0.15, 0.2) is 30.6 Å². The van der Waals surface area contributed by atoms with E-state index in [4.69, 9.17) is 22.1 Å². The average Bonchev–Trinajstić information content (AvgIpc) is 2.25. The van der Waals surface area contributed by atoms with Gasteiger partial charge in [0.15, 0.2) is 5.75 Å². The van der Waals surface area contributed by atoms with Gasteiger partial charge in [-0.1, -0.05) is 11.6 Å². The molecule has 0 unspecified atom stereocenters. The maximum absolute atomic E-state index is 7.38. The zero-order valence-corrected chi connectivity index (χ0v) is 9.32. The lowest BCUT2D eigenvalue weighted by Gasteiger charge is -2.06. The molecule has 81 valence electrons. The molecule has 2 aromatic rings. The standard InChI is InChI=1S/C11H9ClN3O/c1-7-14-5-9(6-15-7)16-11-3-2-8(13)4-10(11)12/h2-6,13H,1H3. The first kappa shape index (κ1) is 10.7. The van der Waals surface area contributed by atoms with Gasteiger partial charge in [0.2, 0.25) is 0 Å². The lowest BCUT2D eigenvalue weighted by atomic mass is 10.3. The van der Waals surface area contributed by atoms with Gasteiger partial charge in [-0.2, -0.15) is 0 Å². The first-order chi connectivity index (χ1) is 7.65. The smallest absolute Gasteiger partial charge is 0.164 e. The Bertz CT molecular complexity index is 499. The highest BCUT2D eigenvalue weighted by molar-refractivity contribution is 6.32. The Hall–Kier alpha value is -1.81. The summed E-state index contributed by atoms with van der Waals surface area (Å²) in [4.78, 5) is 8.01. The topological polar surface area (TPSA) is 58.8 Å². The third-order valence-corrected chi connectivity index (χ3v) is 2.21. The van der Waals surface area contributed by atoms with Crippen LogP contribution in [0.1, 0.15) is 5.82 Å². The van der Waals surface area contributed by atoms with Gasteiger partial charge in [-0.25, -0.2) is 9.97 Å². The number of hydrogen-bond acceptors (Lipinski definition) is 3. The molecule has 0 bridgehead atoms. The summed E-state index contributed by atoms with van der Waals surface area (Å²) in [6.07, 6.45) is 3.15. The van der Waals surface area contributed by atoms with Gasteiger partial charge in [-0.05, 0) is 25.1 Å². The molecule has 0 aliphatic heterocycles. The molecule has 0 amide bonds. The highest BCUT2D eigenvalue weighted by Gasteiger charge is 2.04. The van der Waals surface area contributed by atoms with E-state index in [0.717, 1.165) is 0 Å². The van der Waals surface area contributed by atoms with Crippen LogP contribution in [-0.4, -0.2) is 9.97 Å². The van der Waals surface area contributed by atoms with Crippen molar-refractivity contribution in [2.24, 2.45) is 0 Å². The summed E-state index contributed by atoms with van der Waals surface area (Å²) in [5.41, 5.74) is 7.72. The Kier molecular flexibility index (Phi) is 2.92. The van der Waals surface area contributed by atoms with Crippen molar-refractivity contribution >= 4 is 17.3 Å². The van der Waals surface area contributed by atoms with E-state index in [9.17, 15) is 0 Å². The molecule has 1 aromatic heterocycles. The third-order valence-electron chi connectivity index (χ3n) is 1.92. The molecule has 4 nitrogen and oxygen atoms in total. The molecular weight excluding hydrogens is 226 g/mol. The molecule has 1 radical (unpaired) electrons. The minimum Gasteiger partial charge on any atom is -0.453 e. The molecule has 16 heavy (non-hydrogen) atoms. The van der Waals surface area contributed by atoms with Crippen molar-refractivity contribution in [2.75, 3.05) is 0 Å². The largest absolute Gasteiger partial charge is 0.453 e. The fourth-order valence-electron chi connectivity index (χ4n) is 1.14. The Morgan fingerprint density at radius 2 is 1.94 bits per heavy atom. The fraction of sp³-hybridized carbons (Fsp3) is 0.0909. The number of rotatable bonds is 2.